The van der Waals surface area contributed by atoms with Gasteiger partial charge in [-0.05, 0) is 77.0 Å². The second-order valence-electron chi connectivity index (χ2n) is 22.8. The van der Waals surface area contributed by atoms with Crippen molar-refractivity contribution < 1.29 is 49.3 Å². The topological polar surface area (TPSA) is 175 Å². The van der Waals surface area contributed by atoms with Crippen molar-refractivity contribution in [3.63, 3.8) is 0 Å². The molecule has 0 aromatic heterocycles. The fourth-order valence-electron chi connectivity index (χ4n) is 10.2. The Hall–Kier alpha value is -2.12. The van der Waals surface area contributed by atoms with E-state index in [0.29, 0.717) is 19.4 Å². The maximum absolute atomic E-state index is 13.0. The zero-order valence-corrected chi connectivity index (χ0v) is 49.9. The summed E-state index contributed by atoms with van der Waals surface area (Å²) in [6.07, 6.45) is 59.8. The molecule has 0 aromatic carbocycles. The Morgan fingerprint density at radius 1 is 0.468 bits per heavy atom. The third-order valence-corrected chi connectivity index (χ3v) is 15.5. The van der Waals surface area contributed by atoms with Gasteiger partial charge in [0.1, 0.15) is 24.4 Å². The molecule has 452 valence electrons. The van der Waals surface area contributed by atoms with E-state index in [1.54, 1.807) is 6.08 Å². The first-order valence-corrected chi connectivity index (χ1v) is 32.8. The number of aliphatic hydroxyl groups excluding tert-OH is 5. The van der Waals surface area contributed by atoms with Crippen LogP contribution in [0.4, 0.5) is 0 Å². The first kappa shape index (κ1) is 72.9. The highest BCUT2D eigenvalue weighted by Crippen LogP contribution is 2.23. The van der Waals surface area contributed by atoms with Crippen LogP contribution in [0.2, 0.25) is 0 Å². The molecule has 7 unspecified atom stereocenters. The van der Waals surface area contributed by atoms with Gasteiger partial charge in [-0.1, -0.05) is 256 Å². The minimum atomic E-state index is -1.57. The number of hydrogen-bond donors (Lipinski definition) is 6. The largest absolute Gasteiger partial charge is 0.466 e. The molecule has 6 N–H and O–H groups in total. The number of amides is 1. The smallest absolute Gasteiger partial charge is 0.305 e. The molecule has 1 heterocycles. The van der Waals surface area contributed by atoms with E-state index >= 15 is 0 Å². The van der Waals surface area contributed by atoms with Crippen LogP contribution in [0.5, 0.6) is 0 Å². The minimum Gasteiger partial charge on any atom is -0.466 e. The lowest BCUT2D eigenvalue weighted by Gasteiger charge is -2.40. The monoisotopic (exact) mass is 1090 g/mol. The molecule has 1 saturated heterocycles. The van der Waals surface area contributed by atoms with Gasteiger partial charge in [-0.25, -0.2) is 0 Å². The summed E-state index contributed by atoms with van der Waals surface area (Å²) in [5, 5.41) is 54.3. The number of rotatable bonds is 57. The maximum atomic E-state index is 13.0. The van der Waals surface area contributed by atoms with Crippen molar-refractivity contribution >= 4 is 11.9 Å². The van der Waals surface area contributed by atoms with Crippen LogP contribution in [0.15, 0.2) is 36.5 Å². The summed E-state index contributed by atoms with van der Waals surface area (Å²) in [4.78, 5) is 25.0. The van der Waals surface area contributed by atoms with Gasteiger partial charge in [0.25, 0.3) is 0 Å². The molecule has 0 radical (unpaired) electrons. The van der Waals surface area contributed by atoms with Crippen LogP contribution in [0.3, 0.4) is 0 Å². The molecule has 0 saturated carbocycles. The standard InChI is InChI=1S/C66H123NO10/c1-3-5-7-9-11-13-33-38-42-46-50-54-62(71)75-55-51-47-43-39-35-32-30-28-26-24-22-20-18-16-15-17-19-21-23-25-27-29-31-34-37-41-45-49-53-61(70)67-58(57-76-66-65(74)64(73)63(72)60(56-68)77-66)59(69)52-48-44-40-36-14-12-10-8-6-4-2/h9,11,15-16,48,52,58-60,63-66,68-69,72-74H,3-8,10,12-14,17-47,49-51,53-57H2,1-2H3,(H,67,70)/b11-9-,16-15-,52-48+. The average molecular weight is 1090 g/mol. The van der Waals surface area contributed by atoms with Crippen LogP contribution < -0.4 is 5.32 Å². The van der Waals surface area contributed by atoms with Gasteiger partial charge in [-0.3, -0.25) is 9.59 Å². The minimum absolute atomic E-state index is 0.00452. The second-order valence-corrected chi connectivity index (χ2v) is 22.8. The fraction of sp³-hybridized carbons (Fsp3) is 0.879. The first-order chi connectivity index (χ1) is 37.7. The summed E-state index contributed by atoms with van der Waals surface area (Å²) in [6, 6.07) is -0.809. The molecule has 7 atom stereocenters. The van der Waals surface area contributed by atoms with Crippen LogP contribution in [0, 0.1) is 0 Å². The molecular weight excluding hydrogens is 967 g/mol. The molecule has 0 aromatic rings. The normalized spacial score (nSPS) is 18.8. The fourth-order valence-corrected chi connectivity index (χ4v) is 10.2. The highest BCUT2D eigenvalue weighted by atomic mass is 16.7. The highest BCUT2D eigenvalue weighted by Gasteiger charge is 2.44. The number of hydrogen-bond acceptors (Lipinski definition) is 10. The molecule has 1 aliphatic rings. The number of unbranched alkanes of at least 4 members (excludes halogenated alkanes) is 39. The molecule has 11 heteroatoms. The summed E-state index contributed by atoms with van der Waals surface area (Å²) in [7, 11) is 0. The number of allylic oxidation sites excluding steroid dienone is 5. The molecule has 1 aliphatic heterocycles. The number of nitrogens with one attached hydrogen (secondary N) is 1. The summed E-state index contributed by atoms with van der Waals surface area (Å²) in [6.45, 7) is 4.30. The van der Waals surface area contributed by atoms with Crippen LogP contribution in [0.1, 0.15) is 309 Å². The van der Waals surface area contributed by atoms with Gasteiger partial charge >= 0.3 is 5.97 Å². The van der Waals surface area contributed by atoms with Crippen molar-refractivity contribution in [2.24, 2.45) is 0 Å². The summed E-state index contributed by atoms with van der Waals surface area (Å²) in [5.41, 5.74) is 0. The van der Waals surface area contributed by atoms with Crippen LogP contribution in [-0.2, 0) is 23.8 Å². The Bertz CT molecular complexity index is 1370. The van der Waals surface area contributed by atoms with E-state index < -0.39 is 49.5 Å². The molecular formula is C66H123NO10. The van der Waals surface area contributed by atoms with Gasteiger partial charge < -0.3 is 45.1 Å². The lowest BCUT2D eigenvalue weighted by Crippen LogP contribution is -2.60. The Morgan fingerprint density at radius 3 is 1.29 bits per heavy atom. The summed E-state index contributed by atoms with van der Waals surface area (Å²) < 4.78 is 16.7. The maximum Gasteiger partial charge on any atom is 0.305 e. The zero-order chi connectivity index (χ0) is 55.9. The van der Waals surface area contributed by atoms with E-state index in [2.05, 4.69) is 43.5 Å². The number of esters is 1. The molecule has 0 bridgehead atoms. The van der Waals surface area contributed by atoms with Crippen molar-refractivity contribution in [1.82, 2.24) is 5.32 Å². The van der Waals surface area contributed by atoms with Crippen molar-refractivity contribution in [2.75, 3.05) is 19.8 Å². The predicted molar refractivity (Wildman–Crippen MR) is 320 cm³/mol. The van der Waals surface area contributed by atoms with E-state index in [9.17, 15) is 35.1 Å². The Morgan fingerprint density at radius 2 is 0.844 bits per heavy atom. The Labute approximate surface area is 473 Å². The van der Waals surface area contributed by atoms with Gasteiger partial charge in [-0.15, -0.1) is 0 Å². The van der Waals surface area contributed by atoms with Crippen molar-refractivity contribution in [2.45, 2.75) is 352 Å². The van der Waals surface area contributed by atoms with Crippen LogP contribution >= 0.6 is 0 Å². The van der Waals surface area contributed by atoms with Crippen LogP contribution in [-0.4, -0.2) is 100 Å². The third kappa shape index (κ3) is 45.2. The van der Waals surface area contributed by atoms with Gasteiger partial charge in [0, 0.05) is 12.8 Å². The molecule has 11 nitrogen and oxygen atoms in total. The molecule has 0 aliphatic carbocycles. The van der Waals surface area contributed by atoms with E-state index in [1.807, 2.05) is 6.08 Å². The van der Waals surface area contributed by atoms with Crippen LogP contribution in [0.25, 0.3) is 0 Å². The first-order valence-electron chi connectivity index (χ1n) is 32.8. The van der Waals surface area contributed by atoms with E-state index in [1.165, 1.54) is 225 Å². The van der Waals surface area contributed by atoms with Crippen molar-refractivity contribution in [3.05, 3.63) is 36.5 Å². The van der Waals surface area contributed by atoms with Gasteiger partial charge in [0.05, 0.1) is 32.0 Å². The van der Waals surface area contributed by atoms with Gasteiger partial charge in [-0.2, -0.15) is 0 Å². The number of carbonyl (C=O) groups excluding carboxylic acids is 2. The molecule has 1 fully saturated rings. The molecule has 1 amide bonds. The van der Waals surface area contributed by atoms with Gasteiger partial charge in [0.2, 0.25) is 5.91 Å². The van der Waals surface area contributed by atoms with Crippen molar-refractivity contribution in [1.29, 1.82) is 0 Å². The zero-order valence-electron chi connectivity index (χ0n) is 49.9. The number of ether oxygens (including phenoxy) is 3. The average Bonchev–Trinajstić information content (AvgIpc) is 3.43. The lowest BCUT2D eigenvalue weighted by molar-refractivity contribution is -0.302. The number of carbonyl (C=O) groups is 2. The third-order valence-electron chi connectivity index (χ3n) is 15.5. The number of aliphatic hydroxyl groups is 5. The summed E-state index contributed by atoms with van der Waals surface area (Å²) in [5.74, 6) is -0.187. The molecule has 1 rings (SSSR count). The molecule has 77 heavy (non-hydrogen) atoms. The Balaban J connectivity index is 1.97. The second kappa shape index (κ2) is 55.8. The lowest BCUT2D eigenvalue weighted by atomic mass is 9.99. The van der Waals surface area contributed by atoms with E-state index in [4.69, 9.17) is 14.2 Å². The SMILES string of the molecule is CCCC/C=C\CCCCCCCC(=O)OCCCCCCCCCCCCCC/C=C\CCCCCCCCCCCCCCC(=O)NC(COC1OC(CO)C(O)C(O)C1O)C(O)/C=C/CCCCCCCCCC. The Kier molecular flexibility index (Phi) is 52.8. The van der Waals surface area contributed by atoms with Crippen molar-refractivity contribution in [3.8, 4) is 0 Å². The van der Waals surface area contributed by atoms with Gasteiger partial charge in [0.15, 0.2) is 6.29 Å². The predicted octanol–water partition coefficient (Wildman–Crippen LogP) is 15.8. The van der Waals surface area contributed by atoms with E-state index in [-0.39, 0.29) is 18.5 Å². The van der Waals surface area contributed by atoms with E-state index in [0.717, 1.165) is 57.8 Å². The molecule has 0 spiro atoms. The quantitative estimate of drug-likeness (QED) is 0.0195. The summed E-state index contributed by atoms with van der Waals surface area (Å²) >= 11 is 0. The highest BCUT2D eigenvalue weighted by molar-refractivity contribution is 5.76.